The van der Waals surface area contributed by atoms with Crippen LogP contribution in [0.25, 0.3) is 16.4 Å². The third-order valence-electron chi connectivity index (χ3n) is 3.90. The van der Waals surface area contributed by atoms with Crippen molar-refractivity contribution < 1.29 is 9.90 Å². The quantitative estimate of drug-likeness (QED) is 0.562. The fraction of sp³-hybridized carbons (Fsp3) is 0.150. The maximum atomic E-state index is 11.4. The molecule has 1 N–H and O–H groups in total. The molecule has 0 aliphatic rings. The normalized spacial score (nSPS) is 10.6. The first-order chi connectivity index (χ1) is 12.6. The minimum absolute atomic E-state index is 0.0658. The van der Waals surface area contributed by atoms with Gasteiger partial charge in [0.25, 0.3) is 0 Å². The van der Waals surface area contributed by atoms with Crippen molar-refractivity contribution in [2.45, 2.75) is 20.3 Å². The van der Waals surface area contributed by atoms with Crippen molar-refractivity contribution in [3.8, 4) is 0 Å². The van der Waals surface area contributed by atoms with Crippen LogP contribution in [0.15, 0.2) is 54.9 Å². The summed E-state index contributed by atoms with van der Waals surface area (Å²) < 4.78 is 1.81. The van der Waals surface area contributed by atoms with Gasteiger partial charge in [0.2, 0.25) is 0 Å². The number of carboxylic acid groups (broad SMARTS) is 1. The van der Waals surface area contributed by atoms with E-state index in [1.807, 2.05) is 54.8 Å². The van der Waals surface area contributed by atoms with Crippen LogP contribution in [-0.2, 0) is 6.42 Å². The van der Waals surface area contributed by atoms with Crippen LogP contribution in [0.4, 0.5) is 0 Å². The summed E-state index contributed by atoms with van der Waals surface area (Å²) in [5, 5.41) is 10.9. The van der Waals surface area contributed by atoms with Gasteiger partial charge in [0.15, 0.2) is 5.69 Å². The Hall–Kier alpha value is -2.92. The number of halogens is 1. The molecule has 3 aromatic heterocycles. The number of imidazole rings is 1. The van der Waals surface area contributed by atoms with E-state index in [0.29, 0.717) is 22.8 Å². The van der Waals surface area contributed by atoms with Gasteiger partial charge in [-0.25, -0.2) is 9.78 Å². The molecule has 0 atom stereocenters. The first kappa shape index (κ1) is 17.9. The topological polar surface area (TPSA) is 67.5 Å². The van der Waals surface area contributed by atoms with Crippen LogP contribution in [0.3, 0.4) is 0 Å². The summed E-state index contributed by atoms with van der Waals surface area (Å²) in [5.74, 6) is -0.350. The van der Waals surface area contributed by atoms with Crippen LogP contribution in [0.1, 0.15) is 35.7 Å². The van der Waals surface area contributed by atoms with Gasteiger partial charge in [-0.05, 0) is 35.9 Å². The Kier molecular flexibility index (Phi) is 5.19. The Morgan fingerprint density at radius 1 is 1.19 bits per heavy atom. The first-order valence-electron chi connectivity index (χ1n) is 8.35. The van der Waals surface area contributed by atoms with Gasteiger partial charge in [-0.3, -0.25) is 4.98 Å². The highest BCUT2D eigenvalue weighted by Gasteiger charge is 2.16. The lowest BCUT2D eigenvalue weighted by molar-refractivity contribution is 0.0693. The van der Waals surface area contributed by atoms with E-state index in [2.05, 4.69) is 9.97 Å². The lowest BCUT2D eigenvalue weighted by Crippen LogP contribution is -1.98. The second-order valence-electron chi connectivity index (χ2n) is 5.50. The number of pyridine rings is 2. The number of carboxylic acids is 1. The van der Waals surface area contributed by atoms with E-state index in [-0.39, 0.29) is 5.69 Å². The number of nitrogens with zero attached hydrogens (tertiary/aromatic N) is 3. The summed E-state index contributed by atoms with van der Waals surface area (Å²) in [7, 11) is 0. The number of hydrogen-bond acceptors (Lipinski definition) is 3. The fourth-order valence-electron chi connectivity index (χ4n) is 2.83. The lowest BCUT2D eigenvalue weighted by atomic mass is 10.1. The number of fused-ring (bicyclic) bond motifs is 2. The minimum Gasteiger partial charge on any atom is -0.476 e. The Balaban J connectivity index is 0.000000948. The maximum Gasteiger partial charge on any atom is 0.356 e. The number of carbonyl (C=O) groups is 1. The molecule has 132 valence electrons. The van der Waals surface area contributed by atoms with Crippen LogP contribution < -0.4 is 0 Å². The fourth-order valence-corrected chi connectivity index (χ4v) is 3.00. The van der Waals surface area contributed by atoms with E-state index in [1.165, 1.54) is 0 Å². The van der Waals surface area contributed by atoms with Crippen molar-refractivity contribution in [3.63, 3.8) is 0 Å². The highest BCUT2D eigenvalue weighted by molar-refractivity contribution is 6.31. The van der Waals surface area contributed by atoms with Gasteiger partial charge in [0.1, 0.15) is 5.82 Å². The van der Waals surface area contributed by atoms with Crippen molar-refractivity contribution in [1.29, 1.82) is 0 Å². The zero-order valence-electron chi connectivity index (χ0n) is 14.5. The number of aromatic nitrogens is 3. The maximum absolute atomic E-state index is 11.4. The SMILES string of the molecule is CC.O=C(O)c1nc(Cc2ccc3ncc(Cl)cc3c2)n2ccccc12. The van der Waals surface area contributed by atoms with E-state index >= 15 is 0 Å². The van der Waals surface area contributed by atoms with Gasteiger partial charge in [-0.2, -0.15) is 0 Å². The molecule has 26 heavy (non-hydrogen) atoms. The van der Waals surface area contributed by atoms with Crippen LogP contribution in [-0.4, -0.2) is 25.4 Å². The Labute approximate surface area is 155 Å². The third-order valence-corrected chi connectivity index (χ3v) is 4.11. The van der Waals surface area contributed by atoms with Crippen molar-refractivity contribution >= 4 is 34.0 Å². The highest BCUT2D eigenvalue weighted by atomic mass is 35.5. The largest absolute Gasteiger partial charge is 0.476 e. The van der Waals surface area contributed by atoms with Crippen molar-refractivity contribution in [2.24, 2.45) is 0 Å². The molecule has 0 saturated carbocycles. The minimum atomic E-state index is -1.03. The van der Waals surface area contributed by atoms with Gasteiger partial charge in [0, 0.05) is 24.2 Å². The van der Waals surface area contributed by atoms with Gasteiger partial charge in [-0.1, -0.05) is 37.6 Å². The molecule has 3 heterocycles. The summed E-state index contributed by atoms with van der Waals surface area (Å²) >= 11 is 6.00. The second kappa shape index (κ2) is 7.54. The molecule has 5 nitrogen and oxygen atoms in total. The molecule has 1 aromatic carbocycles. The monoisotopic (exact) mass is 367 g/mol. The molecule has 0 saturated heterocycles. The van der Waals surface area contributed by atoms with Crippen LogP contribution in [0.5, 0.6) is 0 Å². The molecule has 0 aliphatic carbocycles. The molecule has 0 bridgehead atoms. The highest BCUT2D eigenvalue weighted by Crippen LogP contribution is 2.21. The van der Waals surface area contributed by atoms with E-state index < -0.39 is 5.97 Å². The Morgan fingerprint density at radius 3 is 2.77 bits per heavy atom. The van der Waals surface area contributed by atoms with E-state index in [0.717, 1.165) is 16.5 Å². The van der Waals surface area contributed by atoms with E-state index in [4.69, 9.17) is 11.6 Å². The number of hydrogen-bond donors (Lipinski definition) is 1. The molecular formula is C20H18ClN3O2. The summed E-state index contributed by atoms with van der Waals surface area (Å²) in [6, 6.07) is 13.2. The van der Waals surface area contributed by atoms with Crippen LogP contribution in [0, 0.1) is 0 Å². The number of benzene rings is 1. The molecule has 6 heteroatoms. The molecule has 0 spiro atoms. The predicted octanol–water partition coefficient (Wildman–Crippen LogP) is 4.85. The predicted molar refractivity (Wildman–Crippen MR) is 103 cm³/mol. The second-order valence-corrected chi connectivity index (χ2v) is 5.93. The molecule has 0 fully saturated rings. The summed E-state index contributed by atoms with van der Waals surface area (Å²) in [6.45, 7) is 4.00. The Morgan fingerprint density at radius 2 is 2.00 bits per heavy atom. The summed E-state index contributed by atoms with van der Waals surface area (Å²) in [5.41, 5.74) is 2.53. The van der Waals surface area contributed by atoms with E-state index in [1.54, 1.807) is 18.3 Å². The molecule has 0 unspecified atom stereocenters. The Bertz CT molecular complexity index is 1090. The molecule has 4 aromatic rings. The van der Waals surface area contributed by atoms with Gasteiger partial charge >= 0.3 is 5.97 Å². The number of aromatic carboxylic acids is 1. The third kappa shape index (κ3) is 3.39. The zero-order chi connectivity index (χ0) is 18.7. The first-order valence-corrected chi connectivity index (χ1v) is 8.73. The number of rotatable bonds is 3. The zero-order valence-corrected chi connectivity index (χ0v) is 15.2. The van der Waals surface area contributed by atoms with Gasteiger partial charge in [0.05, 0.1) is 16.1 Å². The van der Waals surface area contributed by atoms with Crippen LogP contribution >= 0.6 is 11.6 Å². The molecule has 4 rings (SSSR count). The molecule has 0 radical (unpaired) electrons. The van der Waals surface area contributed by atoms with Crippen molar-refractivity contribution in [3.05, 3.63) is 77.0 Å². The molecule has 0 amide bonds. The molecular weight excluding hydrogens is 350 g/mol. The van der Waals surface area contributed by atoms with Gasteiger partial charge < -0.3 is 9.51 Å². The summed E-state index contributed by atoms with van der Waals surface area (Å²) in [4.78, 5) is 20.0. The average molecular weight is 368 g/mol. The average Bonchev–Trinajstić information content (AvgIpc) is 3.02. The van der Waals surface area contributed by atoms with Gasteiger partial charge in [-0.15, -0.1) is 0 Å². The lowest BCUT2D eigenvalue weighted by Gasteiger charge is -2.04. The van der Waals surface area contributed by atoms with Crippen LogP contribution in [0.2, 0.25) is 5.02 Å². The van der Waals surface area contributed by atoms with E-state index in [9.17, 15) is 9.90 Å². The smallest absolute Gasteiger partial charge is 0.356 e. The summed E-state index contributed by atoms with van der Waals surface area (Å²) in [6.07, 6.45) is 3.95. The molecule has 0 aliphatic heterocycles. The van der Waals surface area contributed by atoms with Crippen molar-refractivity contribution in [1.82, 2.24) is 14.4 Å². The van der Waals surface area contributed by atoms with Crippen molar-refractivity contribution in [2.75, 3.05) is 0 Å². The standard InChI is InChI=1S/C18H12ClN3O2.C2H6/c19-13-9-12-7-11(4-5-14(12)20-10-13)8-16-21-17(18(23)24)15-3-1-2-6-22(15)16;1-2/h1-7,9-10H,8H2,(H,23,24);1-2H3.